The third-order valence-electron chi connectivity index (χ3n) is 3.33. The molecule has 0 bridgehead atoms. The topological polar surface area (TPSA) is 145 Å². The van der Waals surface area contributed by atoms with Crippen molar-refractivity contribution >= 4 is 11.9 Å². The van der Waals surface area contributed by atoms with Crippen molar-refractivity contribution in [1.82, 2.24) is 19.9 Å². The normalized spacial score (nSPS) is 10.3. The van der Waals surface area contributed by atoms with E-state index in [1.54, 1.807) is 0 Å². The second-order valence-electron chi connectivity index (χ2n) is 6.23. The summed E-state index contributed by atoms with van der Waals surface area (Å²) in [5, 5.41) is 17.5. The highest BCUT2D eigenvalue weighted by Gasteiger charge is 2.13. The number of hydrogen-bond donors (Lipinski definition) is 2. The summed E-state index contributed by atoms with van der Waals surface area (Å²) in [6, 6.07) is 2.60. The quantitative estimate of drug-likeness (QED) is 0.752. The zero-order valence-electron chi connectivity index (χ0n) is 16.6. The van der Waals surface area contributed by atoms with Gasteiger partial charge in [-0.15, -0.1) is 0 Å². The first-order valence-electron chi connectivity index (χ1n) is 8.41. The van der Waals surface area contributed by atoms with Gasteiger partial charge in [-0.1, -0.05) is 27.7 Å². The number of rotatable bonds is 6. The van der Waals surface area contributed by atoms with E-state index in [-0.39, 0.29) is 35.0 Å². The predicted molar refractivity (Wildman–Crippen MR) is 99.3 cm³/mol. The summed E-state index contributed by atoms with van der Waals surface area (Å²) < 4.78 is 9.76. The number of aromatic carboxylic acids is 2. The first-order valence-corrected chi connectivity index (χ1v) is 8.41. The molecule has 0 radical (unpaired) electrons. The lowest BCUT2D eigenvalue weighted by Crippen LogP contribution is -2.07. The summed E-state index contributed by atoms with van der Waals surface area (Å²) in [4.78, 5) is 37.2. The molecule has 0 saturated carbocycles. The van der Waals surface area contributed by atoms with Gasteiger partial charge in [-0.2, -0.15) is 9.97 Å². The summed E-state index contributed by atoms with van der Waals surface area (Å²) in [7, 11) is 2.89. The lowest BCUT2D eigenvalue weighted by Gasteiger charge is -2.06. The van der Waals surface area contributed by atoms with Crippen molar-refractivity contribution in [3.8, 4) is 11.8 Å². The van der Waals surface area contributed by atoms with Gasteiger partial charge >= 0.3 is 11.9 Å². The van der Waals surface area contributed by atoms with E-state index in [4.69, 9.17) is 19.7 Å². The van der Waals surface area contributed by atoms with Crippen LogP contribution in [-0.4, -0.2) is 56.3 Å². The Morgan fingerprint density at radius 3 is 1.29 bits per heavy atom. The lowest BCUT2D eigenvalue weighted by molar-refractivity contribution is 0.0678. The molecule has 2 rings (SSSR count). The Morgan fingerprint density at radius 1 is 0.750 bits per heavy atom. The van der Waals surface area contributed by atoms with E-state index < -0.39 is 11.9 Å². The maximum atomic E-state index is 10.7. The molecule has 10 nitrogen and oxygen atoms in total. The van der Waals surface area contributed by atoms with Gasteiger partial charge in [0.1, 0.15) is 11.6 Å². The van der Waals surface area contributed by atoms with Gasteiger partial charge < -0.3 is 19.7 Å². The van der Waals surface area contributed by atoms with Crippen LogP contribution in [-0.2, 0) is 0 Å². The van der Waals surface area contributed by atoms with Crippen LogP contribution in [0, 0.1) is 0 Å². The van der Waals surface area contributed by atoms with Crippen LogP contribution < -0.4 is 9.47 Å². The van der Waals surface area contributed by atoms with Gasteiger partial charge in [0.05, 0.1) is 14.2 Å². The molecule has 0 aliphatic heterocycles. The van der Waals surface area contributed by atoms with Crippen LogP contribution in [0.4, 0.5) is 0 Å². The van der Waals surface area contributed by atoms with Gasteiger partial charge in [-0.3, -0.25) is 0 Å². The molecule has 2 aromatic rings. The Balaban J connectivity index is 0.000000280. The van der Waals surface area contributed by atoms with Crippen LogP contribution in [0.5, 0.6) is 11.8 Å². The Morgan fingerprint density at radius 2 is 1.07 bits per heavy atom. The number of carboxylic acids is 2. The van der Waals surface area contributed by atoms with Crippen LogP contribution >= 0.6 is 0 Å². The van der Waals surface area contributed by atoms with Crippen molar-refractivity contribution in [3.63, 3.8) is 0 Å². The zero-order chi connectivity index (χ0) is 21.4. The van der Waals surface area contributed by atoms with Crippen LogP contribution in [0.25, 0.3) is 0 Å². The van der Waals surface area contributed by atoms with Crippen LogP contribution in [0.1, 0.15) is 72.2 Å². The molecule has 0 aromatic carbocycles. The summed E-state index contributed by atoms with van der Waals surface area (Å²) in [6.07, 6.45) is 0. The number of aromatic nitrogens is 4. The fourth-order valence-corrected chi connectivity index (χ4v) is 1.83. The number of hydrogen-bond acceptors (Lipinski definition) is 8. The Labute approximate surface area is 162 Å². The molecule has 0 amide bonds. The summed E-state index contributed by atoms with van der Waals surface area (Å²) >= 11 is 0. The molecular formula is C18H24N4O6. The molecule has 0 atom stereocenters. The Bertz CT molecular complexity index is 769. The second kappa shape index (κ2) is 10.1. The zero-order valence-corrected chi connectivity index (χ0v) is 16.6. The molecule has 0 saturated heterocycles. The lowest BCUT2D eigenvalue weighted by atomic mass is 10.2. The minimum atomic E-state index is -1.08. The summed E-state index contributed by atoms with van der Waals surface area (Å²) in [6.45, 7) is 7.56. The number of nitrogens with zero attached hydrogens (tertiary/aromatic N) is 4. The smallest absolute Gasteiger partial charge is 0.354 e. The van der Waals surface area contributed by atoms with E-state index in [0.717, 1.165) is 0 Å². The molecule has 2 aromatic heterocycles. The number of ether oxygens (including phenoxy) is 2. The van der Waals surface area contributed by atoms with Crippen molar-refractivity contribution in [2.75, 3.05) is 14.2 Å². The molecule has 2 heterocycles. The molecule has 2 N–H and O–H groups in total. The van der Waals surface area contributed by atoms with Gasteiger partial charge in [0.25, 0.3) is 0 Å². The van der Waals surface area contributed by atoms with Crippen molar-refractivity contribution in [1.29, 1.82) is 0 Å². The third-order valence-corrected chi connectivity index (χ3v) is 3.33. The highest BCUT2D eigenvalue weighted by molar-refractivity contribution is 5.86. The molecule has 28 heavy (non-hydrogen) atoms. The van der Waals surface area contributed by atoms with Crippen molar-refractivity contribution in [3.05, 3.63) is 35.2 Å². The van der Waals surface area contributed by atoms with Crippen molar-refractivity contribution < 1.29 is 29.3 Å². The first-order chi connectivity index (χ1) is 13.1. The van der Waals surface area contributed by atoms with Gasteiger partial charge in [-0.25, -0.2) is 19.6 Å². The molecule has 0 unspecified atom stereocenters. The highest BCUT2D eigenvalue weighted by Crippen LogP contribution is 2.16. The Kier molecular flexibility index (Phi) is 8.24. The number of carboxylic acid groups (broad SMARTS) is 2. The van der Waals surface area contributed by atoms with Crippen molar-refractivity contribution in [2.45, 2.75) is 39.5 Å². The van der Waals surface area contributed by atoms with E-state index in [9.17, 15) is 9.59 Å². The summed E-state index contributed by atoms with van der Waals surface area (Å²) in [5.74, 6) is -0.502. The van der Waals surface area contributed by atoms with Crippen molar-refractivity contribution in [2.24, 2.45) is 0 Å². The summed E-state index contributed by atoms with van der Waals surface area (Å²) in [5.41, 5.74) is -0.0823. The third kappa shape index (κ3) is 6.45. The number of carbonyl (C=O) groups is 2. The average Bonchev–Trinajstić information content (AvgIpc) is 2.67. The van der Waals surface area contributed by atoms with Gasteiger partial charge in [-0.05, 0) is 0 Å². The fraction of sp³-hybridized carbons (Fsp3) is 0.444. The predicted octanol–water partition coefficient (Wildman–Crippen LogP) is 2.61. The van der Waals surface area contributed by atoms with Crippen LogP contribution in [0.15, 0.2) is 12.1 Å². The maximum absolute atomic E-state index is 10.7. The SMILES string of the molecule is COc1cc(C(=O)O)nc(C(C)C)n1.COc1cc(C(=O)O)nc(C(C)C)n1. The minimum Gasteiger partial charge on any atom is -0.481 e. The van der Waals surface area contributed by atoms with Gasteiger partial charge in [0.15, 0.2) is 11.4 Å². The van der Waals surface area contributed by atoms with Crippen LogP contribution in [0.3, 0.4) is 0 Å². The molecule has 10 heteroatoms. The van der Waals surface area contributed by atoms with Gasteiger partial charge in [0.2, 0.25) is 11.8 Å². The number of methoxy groups -OCH3 is 2. The molecule has 0 spiro atoms. The monoisotopic (exact) mass is 392 g/mol. The van der Waals surface area contributed by atoms with E-state index in [2.05, 4.69) is 19.9 Å². The molecule has 152 valence electrons. The largest absolute Gasteiger partial charge is 0.481 e. The van der Waals surface area contributed by atoms with E-state index in [1.165, 1.54) is 26.4 Å². The molecular weight excluding hydrogens is 368 g/mol. The minimum absolute atomic E-state index is 0.0412. The first kappa shape index (κ1) is 22.7. The average molecular weight is 392 g/mol. The van der Waals surface area contributed by atoms with E-state index in [1.807, 2.05) is 27.7 Å². The van der Waals surface area contributed by atoms with Gasteiger partial charge in [0, 0.05) is 24.0 Å². The maximum Gasteiger partial charge on any atom is 0.354 e. The fourth-order valence-electron chi connectivity index (χ4n) is 1.83. The Hall–Kier alpha value is -3.30. The van der Waals surface area contributed by atoms with Crippen LogP contribution in [0.2, 0.25) is 0 Å². The van der Waals surface area contributed by atoms with E-state index >= 15 is 0 Å². The van der Waals surface area contributed by atoms with E-state index in [0.29, 0.717) is 11.6 Å². The standard InChI is InChI=1S/2C9H12N2O3/c2*1-5(2)8-10-6(9(12)13)4-7(11-8)14-3/h2*4-5H,1-3H3,(H,12,13). The molecule has 0 aliphatic carbocycles. The highest BCUT2D eigenvalue weighted by atomic mass is 16.5. The molecule has 0 fully saturated rings. The second-order valence-corrected chi connectivity index (χ2v) is 6.23. The molecule has 0 aliphatic rings.